The standard InChI is InChI=1S/C12H10N6O3S/c1-18-8(12(20)21)16-7(17-18)5-14-9(19)11-15-6-3-2-4-13-10(6)22-11/h2-4H,5H2,1H3,(H,14,19)(H,20,21). The number of amides is 1. The highest BCUT2D eigenvalue weighted by molar-refractivity contribution is 7.19. The number of nitrogens with zero attached hydrogens (tertiary/aromatic N) is 5. The van der Waals surface area contributed by atoms with Crippen molar-refractivity contribution < 1.29 is 14.7 Å². The van der Waals surface area contributed by atoms with Gasteiger partial charge in [-0.2, -0.15) is 5.10 Å². The first kappa shape index (κ1) is 14.1. The monoisotopic (exact) mass is 318 g/mol. The van der Waals surface area contributed by atoms with E-state index in [-0.39, 0.29) is 29.1 Å². The highest BCUT2D eigenvalue weighted by Crippen LogP contribution is 2.18. The molecule has 0 fully saturated rings. The molecular weight excluding hydrogens is 308 g/mol. The number of carboxylic acid groups (broad SMARTS) is 1. The topological polar surface area (TPSA) is 123 Å². The molecule has 0 aliphatic heterocycles. The van der Waals surface area contributed by atoms with Gasteiger partial charge in [-0.05, 0) is 12.1 Å². The van der Waals surface area contributed by atoms with Crippen LogP contribution in [0.4, 0.5) is 0 Å². The number of nitrogens with one attached hydrogen (secondary N) is 1. The zero-order valence-electron chi connectivity index (χ0n) is 11.3. The van der Waals surface area contributed by atoms with E-state index in [1.54, 1.807) is 18.3 Å². The van der Waals surface area contributed by atoms with Crippen molar-refractivity contribution in [3.05, 3.63) is 35.0 Å². The van der Waals surface area contributed by atoms with Crippen molar-refractivity contribution >= 4 is 33.6 Å². The average molecular weight is 318 g/mol. The molecule has 0 saturated carbocycles. The van der Waals surface area contributed by atoms with Crippen molar-refractivity contribution in [1.29, 1.82) is 0 Å². The van der Waals surface area contributed by atoms with E-state index in [0.29, 0.717) is 10.3 Å². The van der Waals surface area contributed by atoms with Gasteiger partial charge in [0.1, 0.15) is 10.3 Å². The van der Waals surface area contributed by atoms with Gasteiger partial charge in [0.2, 0.25) is 5.82 Å². The maximum atomic E-state index is 12.0. The number of carbonyl (C=O) groups excluding carboxylic acids is 1. The van der Waals surface area contributed by atoms with Crippen LogP contribution in [0, 0.1) is 0 Å². The van der Waals surface area contributed by atoms with Crippen LogP contribution in [0.25, 0.3) is 10.3 Å². The third-order valence-corrected chi connectivity index (χ3v) is 3.74. The summed E-state index contributed by atoms with van der Waals surface area (Å²) in [5.41, 5.74) is 0.654. The number of hydrogen-bond acceptors (Lipinski definition) is 7. The molecule has 3 aromatic heterocycles. The Morgan fingerprint density at radius 2 is 2.23 bits per heavy atom. The second kappa shape index (κ2) is 5.48. The average Bonchev–Trinajstić information content (AvgIpc) is 3.08. The lowest BCUT2D eigenvalue weighted by molar-refractivity contribution is 0.0678. The molecule has 0 aromatic carbocycles. The lowest BCUT2D eigenvalue weighted by Gasteiger charge is -1.98. The van der Waals surface area contributed by atoms with Crippen LogP contribution < -0.4 is 5.32 Å². The first-order valence-electron chi connectivity index (χ1n) is 6.17. The number of thiazole rings is 1. The van der Waals surface area contributed by atoms with Crippen molar-refractivity contribution in [2.24, 2.45) is 7.05 Å². The predicted octanol–water partition coefficient (Wildman–Crippen LogP) is 0.448. The van der Waals surface area contributed by atoms with Crippen LogP contribution in [-0.2, 0) is 13.6 Å². The van der Waals surface area contributed by atoms with Crippen molar-refractivity contribution in [2.45, 2.75) is 6.54 Å². The smallest absolute Gasteiger partial charge is 0.373 e. The molecule has 22 heavy (non-hydrogen) atoms. The molecule has 0 unspecified atom stereocenters. The Morgan fingerprint density at radius 3 is 2.91 bits per heavy atom. The van der Waals surface area contributed by atoms with Crippen LogP contribution in [0.15, 0.2) is 18.3 Å². The molecular formula is C12H10N6O3S. The van der Waals surface area contributed by atoms with E-state index in [0.717, 1.165) is 4.68 Å². The minimum absolute atomic E-state index is 0.0172. The number of carboxylic acids is 1. The summed E-state index contributed by atoms with van der Waals surface area (Å²) in [7, 11) is 1.47. The maximum Gasteiger partial charge on any atom is 0.373 e. The Balaban J connectivity index is 1.72. The van der Waals surface area contributed by atoms with E-state index in [4.69, 9.17) is 5.11 Å². The van der Waals surface area contributed by atoms with E-state index < -0.39 is 5.97 Å². The minimum atomic E-state index is -1.18. The van der Waals surface area contributed by atoms with Crippen molar-refractivity contribution in [3.8, 4) is 0 Å². The summed E-state index contributed by atoms with van der Waals surface area (Å²) in [5.74, 6) is -1.53. The summed E-state index contributed by atoms with van der Waals surface area (Å²) >= 11 is 1.18. The molecule has 0 saturated heterocycles. The van der Waals surface area contributed by atoms with Gasteiger partial charge in [0.25, 0.3) is 5.91 Å². The molecule has 0 aliphatic carbocycles. The first-order valence-corrected chi connectivity index (χ1v) is 6.99. The van der Waals surface area contributed by atoms with E-state index in [1.165, 1.54) is 18.4 Å². The highest BCUT2D eigenvalue weighted by atomic mass is 32.1. The molecule has 0 spiro atoms. The van der Waals surface area contributed by atoms with Gasteiger partial charge < -0.3 is 10.4 Å². The van der Waals surface area contributed by atoms with Gasteiger partial charge in [-0.3, -0.25) is 4.79 Å². The fraction of sp³-hybridized carbons (Fsp3) is 0.167. The lowest BCUT2D eigenvalue weighted by atomic mass is 10.4. The zero-order valence-corrected chi connectivity index (χ0v) is 12.2. The van der Waals surface area contributed by atoms with Gasteiger partial charge in [-0.25, -0.2) is 24.4 Å². The van der Waals surface area contributed by atoms with E-state index in [9.17, 15) is 9.59 Å². The number of rotatable bonds is 4. The van der Waals surface area contributed by atoms with Crippen LogP contribution in [0.2, 0.25) is 0 Å². The molecule has 3 rings (SSSR count). The number of hydrogen-bond donors (Lipinski definition) is 2. The number of carbonyl (C=O) groups is 2. The summed E-state index contributed by atoms with van der Waals surface area (Å²) in [6.07, 6.45) is 1.63. The second-order valence-corrected chi connectivity index (χ2v) is 5.29. The van der Waals surface area contributed by atoms with Gasteiger partial charge in [-0.1, -0.05) is 11.3 Å². The molecule has 3 aromatic rings. The van der Waals surface area contributed by atoms with Gasteiger partial charge >= 0.3 is 5.97 Å². The number of fused-ring (bicyclic) bond motifs is 1. The normalized spacial score (nSPS) is 10.8. The van der Waals surface area contributed by atoms with Crippen molar-refractivity contribution in [3.63, 3.8) is 0 Å². The molecule has 0 aliphatic rings. The molecule has 0 bridgehead atoms. The number of aryl methyl sites for hydroxylation is 1. The fourth-order valence-corrected chi connectivity index (χ4v) is 2.62. The molecule has 0 atom stereocenters. The maximum absolute atomic E-state index is 12.0. The summed E-state index contributed by atoms with van der Waals surface area (Å²) in [6, 6.07) is 3.52. The van der Waals surface area contributed by atoms with Gasteiger partial charge in [0, 0.05) is 13.2 Å². The molecule has 112 valence electrons. The molecule has 9 nitrogen and oxygen atoms in total. The van der Waals surface area contributed by atoms with Crippen LogP contribution >= 0.6 is 11.3 Å². The Morgan fingerprint density at radius 1 is 1.41 bits per heavy atom. The molecule has 0 radical (unpaired) electrons. The Bertz CT molecular complexity index is 838. The Kier molecular flexibility index (Phi) is 3.51. The quantitative estimate of drug-likeness (QED) is 0.715. The summed E-state index contributed by atoms with van der Waals surface area (Å²) in [5, 5.41) is 15.7. The van der Waals surface area contributed by atoms with E-state index in [2.05, 4.69) is 25.4 Å². The SMILES string of the molecule is Cn1nc(CNC(=O)c2nc3cccnc3s2)nc1C(=O)O. The first-order chi connectivity index (χ1) is 10.5. The van der Waals surface area contributed by atoms with Crippen LogP contribution in [-0.4, -0.2) is 41.7 Å². The van der Waals surface area contributed by atoms with Crippen LogP contribution in [0.3, 0.4) is 0 Å². The largest absolute Gasteiger partial charge is 0.475 e. The van der Waals surface area contributed by atoms with Crippen molar-refractivity contribution in [2.75, 3.05) is 0 Å². The van der Waals surface area contributed by atoms with Crippen molar-refractivity contribution in [1.82, 2.24) is 30.0 Å². The van der Waals surface area contributed by atoms with E-state index in [1.807, 2.05) is 0 Å². The second-order valence-electron chi connectivity index (χ2n) is 4.31. The molecule has 2 N–H and O–H groups in total. The van der Waals surface area contributed by atoms with Gasteiger partial charge in [-0.15, -0.1) is 0 Å². The third kappa shape index (κ3) is 2.63. The third-order valence-electron chi connectivity index (χ3n) is 2.77. The lowest BCUT2D eigenvalue weighted by Crippen LogP contribution is -2.23. The highest BCUT2D eigenvalue weighted by Gasteiger charge is 2.16. The number of aromatic nitrogens is 5. The number of pyridine rings is 1. The summed E-state index contributed by atoms with van der Waals surface area (Å²) < 4.78 is 1.14. The molecule has 10 heteroatoms. The van der Waals surface area contributed by atoms with Gasteiger partial charge in [0.15, 0.2) is 10.8 Å². The Labute approximate surface area is 127 Å². The number of aromatic carboxylic acids is 1. The summed E-state index contributed by atoms with van der Waals surface area (Å²) in [6.45, 7) is 0.0172. The predicted molar refractivity (Wildman–Crippen MR) is 76.5 cm³/mol. The molecule has 3 heterocycles. The fourth-order valence-electron chi connectivity index (χ4n) is 1.80. The minimum Gasteiger partial charge on any atom is -0.475 e. The van der Waals surface area contributed by atoms with Gasteiger partial charge in [0.05, 0.1) is 6.54 Å². The van der Waals surface area contributed by atoms with Crippen LogP contribution in [0.1, 0.15) is 26.2 Å². The molecule has 1 amide bonds. The summed E-state index contributed by atoms with van der Waals surface area (Å²) in [4.78, 5) is 35.7. The van der Waals surface area contributed by atoms with E-state index >= 15 is 0 Å². The zero-order chi connectivity index (χ0) is 15.7. The Hall–Kier alpha value is -2.88. The van der Waals surface area contributed by atoms with Crippen LogP contribution in [0.5, 0.6) is 0 Å².